The molecule has 0 N–H and O–H groups in total. The van der Waals surface area contributed by atoms with Crippen molar-refractivity contribution in [1.29, 1.82) is 0 Å². The predicted molar refractivity (Wildman–Crippen MR) is 64.8 cm³/mol. The van der Waals surface area contributed by atoms with Crippen LogP contribution in [0.15, 0.2) is 54.3 Å². The molecule has 1 aromatic carbocycles. The van der Waals surface area contributed by atoms with Crippen molar-refractivity contribution in [3.05, 3.63) is 54.7 Å². The molecule has 0 saturated carbocycles. The highest BCUT2D eigenvalue weighted by atomic mass is 15.4. The first-order valence-electron chi connectivity index (χ1n) is 5.16. The summed E-state index contributed by atoms with van der Waals surface area (Å²) in [6, 6.07) is 9.87. The van der Waals surface area contributed by atoms with Crippen molar-refractivity contribution in [2.24, 2.45) is 5.10 Å². The van der Waals surface area contributed by atoms with Gasteiger partial charge in [0.25, 0.3) is 0 Å². The third kappa shape index (κ3) is 1.90. The van der Waals surface area contributed by atoms with Gasteiger partial charge in [-0.3, -0.25) is 0 Å². The van der Waals surface area contributed by atoms with Gasteiger partial charge in [0.1, 0.15) is 18.2 Å². The first kappa shape index (κ1) is 9.65. The van der Waals surface area contributed by atoms with Crippen LogP contribution in [-0.2, 0) is 0 Å². The average Bonchev–Trinajstić information content (AvgIpc) is 2.81. The number of nitrogens with zero attached hydrogens (tertiary/aromatic N) is 5. The SMILES string of the molecule is C(=Nn1cnc2cncnc21)c1ccccc1. The highest BCUT2D eigenvalue weighted by molar-refractivity contribution is 5.80. The fourth-order valence-electron chi connectivity index (χ4n) is 1.51. The Morgan fingerprint density at radius 3 is 2.88 bits per heavy atom. The summed E-state index contributed by atoms with van der Waals surface area (Å²) in [4.78, 5) is 12.2. The van der Waals surface area contributed by atoms with Crippen LogP contribution in [0.25, 0.3) is 11.2 Å². The van der Waals surface area contributed by atoms with Crippen LogP contribution in [0.3, 0.4) is 0 Å². The van der Waals surface area contributed by atoms with E-state index in [1.165, 1.54) is 6.33 Å². The van der Waals surface area contributed by atoms with Crippen molar-refractivity contribution in [1.82, 2.24) is 19.6 Å². The van der Waals surface area contributed by atoms with Crippen LogP contribution >= 0.6 is 0 Å². The Kier molecular flexibility index (Phi) is 2.34. The van der Waals surface area contributed by atoms with Gasteiger partial charge in [0.15, 0.2) is 5.65 Å². The molecule has 0 radical (unpaired) electrons. The smallest absolute Gasteiger partial charge is 0.184 e. The molecule has 5 heteroatoms. The molecule has 2 heterocycles. The van der Waals surface area contributed by atoms with E-state index in [1.807, 2.05) is 30.3 Å². The Balaban J connectivity index is 1.98. The van der Waals surface area contributed by atoms with E-state index in [1.54, 1.807) is 23.4 Å². The monoisotopic (exact) mass is 223 g/mol. The Morgan fingerprint density at radius 1 is 1.12 bits per heavy atom. The van der Waals surface area contributed by atoms with Gasteiger partial charge in [-0.1, -0.05) is 30.3 Å². The Morgan fingerprint density at radius 2 is 2.00 bits per heavy atom. The van der Waals surface area contributed by atoms with Gasteiger partial charge < -0.3 is 0 Å². The lowest BCUT2D eigenvalue weighted by atomic mass is 10.2. The summed E-state index contributed by atoms with van der Waals surface area (Å²) in [5.74, 6) is 0. The molecule has 3 rings (SSSR count). The fourth-order valence-corrected chi connectivity index (χ4v) is 1.51. The van der Waals surface area contributed by atoms with Crippen LogP contribution in [0, 0.1) is 0 Å². The number of hydrogen-bond donors (Lipinski definition) is 0. The second-order valence-electron chi connectivity index (χ2n) is 3.48. The maximum absolute atomic E-state index is 4.30. The molecule has 5 nitrogen and oxygen atoms in total. The molecule has 0 spiro atoms. The Bertz CT molecular complexity index is 657. The van der Waals surface area contributed by atoms with E-state index in [4.69, 9.17) is 0 Å². The van der Waals surface area contributed by atoms with Gasteiger partial charge in [-0.2, -0.15) is 5.10 Å². The van der Waals surface area contributed by atoms with E-state index >= 15 is 0 Å². The lowest BCUT2D eigenvalue weighted by Gasteiger charge is -1.94. The van der Waals surface area contributed by atoms with Gasteiger partial charge in [0.05, 0.1) is 12.4 Å². The summed E-state index contributed by atoms with van der Waals surface area (Å²) in [5.41, 5.74) is 2.47. The first-order chi connectivity index (χ1) is 8.43. The molecule has 0 amide bonds. The van der Waals surface area contributed by atoms with Crippen LogP contribution in [0.1, 0.15) is 5.56 Å². The normalized spacial score (nSPS) is 11.3. The van der Waals surface area contributed by atoms with E-state index < -0.39 is 0 Å². The van der Waals surface area contributed by atoms with E-state index in [9.17, 15) is 0 Å². The van der Waals surface area contributed by atoms with Gasteiger partial charge >= 0.3 is 0 Å². The number of aromatic nitrogens is 4. The molecule has 17 heavy (non-hydrogen) atoms. The summed E-state index contributed by atoms with van der Waals surface area (Å²) < 4.78 is 1.63. The third-order valence-electron chi connectivity index (χ3n) is 2.33. The topological polar surface area (TPSA) is 56.0 Å². The standard InChI is InChI=1S/C12H9N5/c1-2-4-10(5-3-1)6-16-17-9-15-11-7-13-8-14-12(11)17/h1-9H. The number of imidazole rings is 1. The van der Waals surface area contributed by atoms with E-state index in [0.717, 1.165) is 11.1 Å². The molecule has 0 aliphatic rings. The molecule has 0 fully saturated rings. The highest BCUT2D eigenvalue weighted by Crippen LogP contribution is 2.06. The van der Waals surface area contributed by atoms with E-state index in [0.29, 0.717) is 5.65 Å². The fraction of sp³-hybridized carbons (Fsp3) is 0. The summed E-state index contributed by atoms with van der Waals surface area (Å²) in [5, 5.41) is 4.30. The van der Waals surface area contributed by atoms with Crippen molar-refractivity contribution < 1.29 is 0 Å². The van der Waals surface area contributed by atoms with Crippen molar-refractivity contribution in [2.45, 2.75) is 0 Å². The molecule has 3 aromatic rings. The molecule has 2 aromatic heterocycles. The quantitative estimate of drug-likeness (QED) is 0.621. The van der Waals surface area contributed by atoms with Gasteiger partial charge in [-0.15, -0.1) is 0 Å². The molecule has 0 saturated heterocycles. The molecule has 82 valence electrons. The van der Waals surface area contributed by atoms with Crippen LogP contribution in [0.5, 0.6) is 0 Å². The summed E-state index contributed by atoms with van der Waals surface area (Å²) in [6.45, 7) is 0. The van der Waals surface area contributed by atoms with Gasteiger partial charge in [0, 0.05) is 0 Å². The lowest BCUT2D eigenvalue weighted by molar-refractivity contribution is 0.897. The predicted octanol–water partition coefficient (Wildman–Crippen LogP) is 1.71. The van der Waals surface area contributed by atoms with Crippen molar-refractivity contribution in [3.63, 3.8) is 0 Å². The van der Waals surface area contributed by atoms with Crippen LogP contribution < -0.4 is 0 Å². The second-order valence-corrected chi connectivity index (χ2v) is 3.48. The Hall–Kier alpha value is -2.56. The first-order valence-corrected chi connectivity index (χ1v) is 5.16. The summed E-state index contributed by atoms with van der Waals surface area (Å²) in [6.07, 6.45) is 6.54. The van der Waals surface area contributed by atoms with Gasteiger partial charge in [0.2, 0.25) is 0 Å². The van der Waals surface area contributed by atoms with Crippen LogP contribution in [0.4, 0.5) is 0 Å². The second kappa shape index (κ2) is 4.13. The zero-order valence-corrected chi connectivity index (χ0v) is 8.93. The highest BCUT2D eigenvalue weighted by Gasteiger charge is 2.00. The zero-order chi connectivity index (χ0) is 11.5. The molecule has 0 unspecified atom stereocenters. The summed E-state index contributed by atoms with van der Waals surface area (Å²) in [7, 11) is 0. The number of fused-ring (bicyclic) bond motifs is 1. The molecule has 0 aliphatic heterocycles. The molecule has 0 atom stereocenters. The molecule has 0 bridgehead atoms. The van der Waals surface area contributed by atoms with Crippen molar-refractivity contribution >= 4 is 17.4 Å². The number of rotatable bonds is 2. The van der Waals surface area contributed by atoms with Crippen molar-refractivity contribution in [2.75, 3.05) is 0 Å². The average molecular weight is 223 g/mol. The minimum atomic E-state index is 0.701. The maximum Gasteiger partial charge on any atom is 0.184 e. The minimum absolute atomic E-state index is 0.701. The van der Waals surface area contributed by atoms with E-state index in [-0.39, 0.29) is 0 Å². The Labute approximate surface area is 97.5 Å². The molecular formula is C12H9N5. The van der Waals surface area contributed by atoms with Crippen molar-refractivity contribution in [3.8, 4) is 0 Å². The van der Waals surface area contributed by atoms with Gasteiger partial charge in [-0.05, 0) is 5.56 Å². The largest absolute Gasteiger partial charge is 0.242 e. The van der Waals surface area contributed by atoms with Gasteiger partial charge in [-0.25, -0.2) is 19.6 Å². The zero-order valence-electron chi connectivity index (χ0n) is 8.93. The minimum Gasteiger partial charge on any atom is -0.242 e. The maximum atomic E-state index is 4.30. The van der Waals surface area contributed by atoms with E-state index in [2.05, 4.69) is 20.1 Å². The van der Waals surface area contributed by atoms with Crippen LogP contribution in [-0.4, -0.2) is 25.8 Å². The third-order valence-corrected chi connectivity index (χ3v) is 2.33. The molecule has 0 aliphatic carbocycles. The lowest BCUT2D eigenvalue weighted by Crippen LogP contribution is -1.90. The van der Waals surface area contributed by atoms with Crippen LogP contribution in [0.2, 0.25) is 0 Å². The molecular weight excluding hydrogens is 214 g/mol. The summed E-state index contributed by atoms with van der Waals surface area (Å²) >= 11 is 0. The number of benzene rings is 1. The number of hydrogen-bond acceptors (Lipinski definition) is 4.